The second kappa shape index (κ2) is 5.92. The summed E-state index contributed by atoms with van der Waals surface area (Å²) in [5.41, 5.74) is -0.254. The monoisotopic (exact) mass is 279 g/mol. The molecule has 1 aromatic carbocycles. The van der Waals surface area contributed by atoms with E-state index in [1.165, 1.54) is 6.07 Å². The molecule has 2 unspecified atom stereocenters. The van der Waals surface area contributed by atoms with E-state index in [2.05, 4.69) is 5.32 Å². The van der Waals surface area contributed by atoms with E-state index in [1.807, 2.05) is 13.8 Å². The Balaban J connectivity index is 2.01. The van der Waals surface area contributed by atoms with Crippen molar-refractivity contribution in [2.24, 2.45) is 5.92 Å². The van der Waals surface area contributed by atoms with Crippen molar-refractivity contribution in [3.63, 3.8) is 0 Å². The van der Waals surface area contributed by atoms with Gasteiger partial charge in [0, 0.05) is 12.1 Å². The van der Waals surface area contributed by atoms with Crippen molar-refractivity contribution in [1.82, 2.24) is 5.32 Å². The first kappa shape index (κ1) is 15.0. The SMILES string of the molecule is CCC(C)C(O)CNC(=O)C1(c2ccccc2F)CC1. The fourth-order valence-corrected chi connectivity index (χ4v) is 2.43. The van der Waals surface area contributed by atoms with Crippen molar-refractivity contribution >= 4 is 5.91 Å². The minimum atomic E-state index is -0.722. The average Bonchev–Trinajstić information content (AvgIpc) is 3.25. The molecule has 0 bridgehead atoms. The van der Waals surface area contributed by atoms with Gasteiger partial charge in [-0.05, 0) is 24.8 Å². The van der Waals surface area contributed by atoms with Gasteiger partial charge in [0.1, 0.15) is 5.82 Å². The maximum Gasteiger partial charge on any atom is 0.230 e. The van der Waals surface area contributed by atoms with E-state index in [1.54, 1.807) is 18.2 Å². The minimum Gasteiger partial charge on any atom is -0.391 e. The number of halogens is 1. The zero-order chi connectivity index (χ0) is 14.8. The predicted molar refractivity (Wildman–Crippen MR) is 75.8 cm³/mol. The van der Waals surface area contributed by atoms with Crippen molar-refractivity contribution in [2.45, 2.75) is 44.6 Å². The minimum absolute atomic E-state index is 0.138. The van der Waals surface area contributed by atoms with Gasteiger partial charge in [0.2, 0.25) is 5.91 Å². The summed E-state index contributed by atoms with van der Waals surface area (Å²) in [7, 11) is 0. The van der Waals surface area contributed by atoms with Crippen molar-refractivity contribution in [1.29, 1.82) is 0 Å². The molecule has 1 fully saturated rings. The zero-order valence-corrected chi connectivity index (χ0v) is 12.0. The maximum atomic E-state index is 13.8. The van der Waals surface area contributed by atoms with Crippen LogP contribution in [-0.4, -0.2) is 23.7 Å². The van der Waals surface area contributed by atoms with Crippen LogP contribution >= 0.6 is 0 Å². The van der Waals surface area contributed by atoms with Gasteiger partial charge >= 0.3 is 0 Å². The molecule has 110 valence electrons. The number of amides is 1. The molecule has 1 saturated carbocycles. The summed E-state index contributed by atoms with van der Waals surface area (Å²) in [5, 5.41) is 12.7. The maximum absolute atomic E-state index is 13.8. The molecule has 2 rings (SSSR count). The van der Waals surface area contributed by atoms with E-state index in [-0.39, 0.29) is 24.2 Å². The third kappa shape index (κ3) is 2.85. The van der Waals surface area contributed by atoms with Gasteiger partial charge in [0.05, 0.1) is 11.5 Å². The Hall–Kier alpha value is -1.42. The molecule has 1 amide bonds. The van der Waals surface area contributed by atoms with Crippen LogP contribution in [0.2, 0.25) is 0 Å². The van der Waals surface area contributed by atoms with Gasteiger partial charge < -0.3 is 10.4 Å². The number of aliphatic hydroxyl groups is 1. The van der Waals surface area contributed by atoms with Crippen LogP contribution in [0.3, 0.4) is 0 Å². The molecule has 0 aliphatic heterocycles. The van der Waals surface area contributed by atoms with E-state index >= 15 is 0 Å². The third-order valence-electron chi connectivity index (χ3n) is 4.35. The van der Waals surface area contributed by atoms with Crippen LogP contribution in [0.5, 0.6) is 0 Å². The van der Waals surface area contributed by atoms with Gasteiger partial charge in [0.25, 0.3) is 0 Å². The second-order valence-electron chi connectivity index (χ2n) is 5.72. The van der Waals surface area contributed by atoms with Crippen LogP contribution in [0, 0.1) is 11.7 Å². The van der Waals surface area contributed by atoms with Gasteiger partial charge in [-0.3, -0.25) is 4.79 Å². The van der Waals surface area contributed by atoms with E-state index in [0.717, 1.165) is 6.42 Å². The number of nitrogens with one attached hydrogen (secondary N) is 1. The second-order valence-corrected chi connectivity index (χ2v) is 5.72. The number of hydrogen-bond donors (Lipinski definition) is 2. The highest BCUT2D eigenvalue weighted by Gasteiger charge is 2.52. The molecule has 1 aliphatic rings. The summed E-state index contributed by atoms with van der Waals surface area (Å²) in [4.78, 5) is 12.3. The van der Waals surface area contributed by atoms with Crippen LogP contribution in [-0.2, 0) is 10.2 Å². The first-order valence-electron chi connectivity index (χ1n) is 7.22. The number of hydrogen-bond acceptors (Lipinski definition) is 2. The molecular formula is C16H22FNO2. The lowest BCUT2D eigenvalue weighted by atomic mass is 9.94. The van der Waals surface area contributed by atoms with Crippen molar-refractivity contribution < 1.29 is 14.3 Å². The normalized spacial score (nSPS) is 19.2. The van der Waals surface area contributed by atoms with E-state index in [0.29, 0.717) is 18.4 Å². The first-order valence-corrected chi connectivity index (χ1v) is 7.22. The standard InChI is InChI=1S/C16H22FNO2/c1-3-11(2)14(19)10-18-15(20)16(8-9-16)12-6-4-5-7-13(12)17/h4-7,11,14,19H,3,8-10H2,1-2H3,(H,18,20). The quantitative estimate of drug-likeness (QED) is 0.840. The summed E-state index contributed by atoms with van der Waals surface area (Å²) in [6.07, 6.45) is 1.63. The molecule has 0 aromatic heterocycles. The molecule has 0 radical (unpaired) electrons. The van der Waals surface area contributed by atoms with Crippen LogP contribution in [0.25, 0.3) is 0 Å². The fraction of sp³-hybridized carbons (Fsp3) is 0.562. The molecule has 0 heterocycles. The Bertz CT molecular complexity index is 485. The van der Waals surface area contributed by atoms with Gasteiger partial charge in [0.15, 0.2) is 0 Å². The molecular weight excluding hydrogens is 257 g/mol. The third-order valence-corrected chi connectivity index (χ3v) is 4.35. The average molecular weight is 279 g/mol. The van der Waals surface area contributed by atoms with E-state index in [9.17, 15) is 14.3 Å². The zero-order valence-electron chi connectivity index (χ0n) is 12.0. The first-order chi connectivity index (χ1) is 9.51. The number of aliphatic hydroxyl groups excluding tert-OH is 1. The number of carbonyl (C=O) groups is 1. The predicted octanol–water partition coefficient (Wildman–Crippen LogP) is 2.38. The lowest BCUT2D eigenvalue weighted by Crippen LogP contribution is -2.41. The van der Waals surface area contributed by atoms with Crippen molar-refractivity contribution in [2.75, 3.05) is 6.54 Å². The van der Waals surface area contributed by atoms with Crippen molar-refractivity contribution in [3.05, 3.63) is 35.6 Å². The molecule has 0 spiro atoms. The highest BCUT2D eigenvalue weighted by Crippen LogP contribution is 2.49. The lowest BCUT2D eigenvalue weighted by molar-refractivity contribution is -0.124. The number of carbonyl (C=O) groups excluding carboxylic acids is 1. The highest BCUT2D eigenvalue weighted by atomic mass is 19.1. The Morgan fingerprint density at radius 1 is 1.45 bits per heavy atom. The molecule has 20 heavy (non-hydrogen) atoms. The topological polar surface area (TPSA) is 49.3 Å². The summed E-state index contributed by atoms with van der Waals surface area (Å²) < 4.78 is 13.8. The smallest absolute Gasteiger partial charge is 0.230 e. The highest BCUT2D eigenvalue weighted by molar-refractivity contribution is 5.91. The molecule has 2 atom stereocenters. The number of rotatable bonds is 6. The van der Waals surface area contributed by atoms with Gasteiger partial charge in [-0.2, -0.15) is 0 Å². The Kier molecular flexibility index (Phi) is 4.43. The summed E-state index contributed by atoms with van der Waals surface area (Å²) >= 11 is 0. The molecule has 2 N–H and O–H groups in total. The molecule has 1 aromatic rings. The Labute approximate surface area is 119 Å². The van der Waals surface area contributed by atoms with Crippen LogP contribution in [0.4, 0.5) is 4.39 Å². The van der Waals surface area contributed by atoms with E-state index in [4.69, 9.17) is 0 Å². The molecule has 1 aliphatic carbocycles. The van der Waals surface area contributed by atoms with Crippen molar-refractivity contribution in [3.8, 4) is 0 Å². The Morgan fingerprint density at radius 2 is 2.10 bits per heavy atom. The molecule has 4 heteroatoms. The van der Waals surface area contributed by atoms with Crippen LogP contribution in [0.1, 0.15) is 38.7 Å². The van der Waals surface area contributed by atoms with Crippen LogP contribution < -0.4 is 5.32 Å². The Morgan fingerprint density at radius 3 is 2.65 bits per heavy atom. The number of benzene rings is 1. The van der Waals surface area contributed by atoms with E-state index < -0.39 is 11.5 Å². The van der Waals surface area contributed by atoms with Gasteiger partial charge in [-0.25, -0.2) is 4.39 Å². The molecule has 3 nitrogen and oxygen atoms in total. The summed E-state index contributed by atoms with van der Waals surface area (Å²) in [6.45, 7) is 4.17. The van der Waals surface area contributed by atoms with Gasteiger partial charge in [-0.15, -0.1) is 0 Å². The fourth-order valence-electron chi connectivity index (χ4n) is 2.43. The molecule has 0 saturated heterocycles. The van der Waals surface area contributed by atoms with Gasteiger partial charge in [-0.1, -0.05) is 38.5 Å². The largest absolute Gasteiger partial charge is 0.391 e. The summed E-state index contributed by atoms with van der Waals surface area (Å²) in [5.74, 6) is -0.369. The van der Waals surface area contributed by atoms with Crippen LogP contribution in [0.15, 0.2) is 24.3 Å². The lowest BCUT2D eigenvalue weighted by Gasteiger charge is -2.21. The summed E-state index contributed by atoms with van der Waals surface area (Å²) in [6, 6.07) is 6.43.